The lowest BCUT2D eigenvalue weighted by Gasteiger charge is -2.07. The molecule has 2 aromatic rings. The summed E-state index contributed by atoms with van der Waals surface area (Å²) in [7, 11) is 0. The molecular formula is C10H12N4S. The molecule has 1 aliphatic heterocycles. The van der Waals surface area contributed by atoms with Gasteiger partial charge in [-0.15, -0.1) is 11.3 Å². The predicted molar refractivity (Wildman–Crippen MR) is 61.9 cm³/mol. The van der Waals surface area contributed by atoms with Crippen molar-refractivity contribution in [2.45, 2.75) is 12.6 Å². The summed E-state index contributed by atoms with van der Waals surface area (Å²) >= 11 is 1.80. The smallest absolute Gasteiger partial charge is 0.0899 e. The number of benzene rings is 1. The summed E-state index contributed by atoms with van der Waals surface area (Å²) < 4.78 is 1.35. The maximum Gasteiger partial charge on any atom is 0.0899 e. The Bertz CT molecular complexity index is 461. The molecule has 0 radical (unpaired) electrons. The van der Waals surface area contributed by atoms with Gasteiger partial charge in [-0.2, -0.15) is 11.1 Å². The van der Waals surface area contributed by atoms with E-state index in [1.165, 1.54) is 15.6 Å². The van der Waals surface area contributed by atoms with Crippen LogP contribution in [0.25, 0.3) is 10.1 Å². The average molecular weight is 220 g/mol. The highest BCUT2D eigenvalue weighted by Crippen LogP contribution is 2.26. The Hall–Kier alpha value is -0.980. The van der Waals surface area contributed by atoms with Crippen LogP contribution in [0.15, 0.2) is 29.6 Å². The van der Waals surface area contributed by atoms with Crippen LogP contribution >= 0.6 is 11.3 Å². The van der Waals surface area contributed by atoms with Crippen LogP contribution in [-0.4, -0.2) is 6.17 Å². The van der Waals surface area contributed by atoms with Gasteiger partial charge < -0.3 is 0 Å². The quantitative estimate of drug-likeness (QED) is 0.607. The Morgan fingerprint density at radius 2 is 1.93 bits per heavy atom. The van der Waals surface area contributed by atoms with Crippen molar-refractivity contribution in [3.8, 4) is 0 Å². The maximum absolute atomic E-state index is 3.09. The normalized spacial score (nSPS) is 17.6. The monoisotopic (exact) mass is 220 g/mol. The fourth-order valence-corrected chi connectivity index (χ4v) is 2.77. The minimum atomic E-state index is 0.239. The third kappa shape index (κ3) is 1.75. The highest BCUT2D eigenvalue weighted by atomic mass is 32.1. The third-order valence-electron chi connectivity index (χ3n) is 2.54. The zero-order valence-corrected chi connectivity index (χ0v) is 8.90. The SMILES string of the molecule is c1ccc2c(CC3NNNN3)csc2c1. The number of thiophene rings is 1. The molecule has 2 heterocycles. The van der Waals surface area contributed by atoms with Crippen LogP contribution in [0.1, 0.15) is 5.56 Å². The van der Waals surface area contributed by atoms with Crippen LogP contribution in [0.3, 0.4) is 0 Å². The summed E-state index contributed by atoms with van der Waals surface area (Å²) in [6, 6.07) is 8.51. The van der Waals surface area contributed by atoms with Crippen molar-refractivity contribution < 1.29 is 0 Å². The molecule has 5 heteroatoms. The lowest BCUT2D eigenvalue weighted by atomic mass is 10.1. The van der Waals surface area contributed by atoms with Crippen molar-refractivity contribution >= 4 is 21.4 Å². The molecule has 0 aliphatic carbocycles. The van der Waals surface area contributed by atoms with E-state index in [0.717, 1.165) is 6.42 Å². The van der Waals surface area contributed by atoms with E-state index in [4.69, 9.17) is 0 Å². The third-order valence-corrected chi connectivity index (χ3v) is 3.55. The van der Waals surface area contributed by atoms with Crippen LogP contribution in [0.4, 0.5) is 0 Å². The number of nitrogens with one attached hydrogen (secondary N) is 4. The first-order valence-corrected chi connectivity index (χ1v) is 5.77. The molecule has 15 heavy (non-hydrogen) atoms. The lowest BCUT2D eigenvalue weighted by molar-refractivity contribution is 0.524. The second-order valence-corrected chi connectivity index (χ2v) is 4.46. The molecule has 4 N–H and O–H groups in total. The molecule has 1 saturated heterocycles. The number of rotatable bonds is 2. The summed E-state index contributed by atoms with van der Waals surface area (Å²) in [6.07, 6.45) is 1.20. The largest absolute Gasteiger partial charge is 0.224 e. The van der Waals surface area contributed by atoms with Crippen LogP contribution in [0.2, 0.25) is 0 Å². The fraction of sp³-hybridized carbons (Fsp3) is 0.200. The van der Waals surface area contributed by atoms with Gasteiger partial charge in [0.25, 0.3) is 0 Å². The number of hydrazine groups is 3. The van der Waals surface area contributed by atoms with Gasteiger partial charge in [0.15, 0.2) is 0 Å². The maximum atomic E-state index is 3.09. The van der Waals surface area contributed by atoms with E-state index >= 15 is 0 Å². The van der Waals surface area contributed by atoms with Crippen molar-refractivity contribution in [1.82, 2.24) is 21.9 Å². The zero-order valence-electron chi connectivity index (χ0n) is 8.08. The minimum absolute atomic E-state index is 0.239. The van der Waals surface area contributed by atoms with Crippen molar-refractivity contribution in [3.05, 3.63) is 35.2 Å². The van der Waals surface area contributed by atoms with Crippen molar-refractivity contribution in [1.29, 1.82) is 0 Å². The second-order valence-electron chi connectivity index (χ2n) is 3.55. The molecule has 1 fully saturated rings. The standard InChI is InChI=1S/C10H12N4S/c1-2-4-9-8(3-1)7(6-15-9)5-10-11-13-14-12-10/h1-4,6,10-14H,5H2. The molecule has 0 bridgehead atoms. The summed E-state index contributed by atoms with van der Waals surface area (Å²) in [5, 5.41) is 3.59. The minimum Gasteiger partial charge on any atom is -0.224 e. The first-order valence-electron chi connectivity index (χ1n) is 4.90. The van der Waals surface area contributed by atoms with E-state index in [9.17, 15) is 0 Å². The van der Waals surface area contributed by atoms with E-state index < -0.39 is 0 Å². The van der Waals surface area contributed by atoms with Gasteiger partial charge in [0.05, 0.1) is 6.17 Å². The van der Waals surface area contributed by atoms with Gasteiger partial charge in [-0.3, -0.25) is 0 Å². The predicted octanol–water partition coefficient (Wildman–Crippen LogP) is 0.887. The molecule has 0 saturated carbocycles. The van der Waals surface area contributed by atoms with E-state index in [1.54, 1.807) is 11.3 Å². The molecule has 0 unspecified atom stereocenters. The molecule has 3 rings (SSSR count). The first-order chi connectivity index (χ1) is 7.43. The van der Waals surface area contributed by atoms with Gasteiger partial charge in [0.1, 0.15) is 0 Å². The number of hydrogen-bond donors (Lipinski definition) is 4. The van der Waals surface area contributed by atoms with Gasteiger partial charge in [0.2, 0.25) is 0 Å². The van der Waals surface area contributed by atoms with E-state index in [0.29, 0.717) is 0 Å². The molecule has 1 aromatic heterocycles. The molecule has 1 aliphatic rings. The second kappa shape index (κ2) is 3.88. The Kier molecular flexibility index (Phi) is 2.40. The summed E-state index contributed by atoms with van der Waals surface area (Å²) in [5.74, 6) is 0. The van der Waals surface area contributed by atoms with Gasteiger partial charge in [-0.05, 0) is 22.4 Å². The highest BCUT2D eigenvalue weighted by Gasteiger charge is 2.14. The Balaban J connectivity index is 1.90. The molecule has 0 atom stereocenters. The molecular weight excluding hydrogens is 208 g/mol. The van der Waals surface area contributed by atoms with Crippen LogP contribution < -0.4 is 21.9 Å². The van der Waals surface area contributed by atoms with Crippen LogP contribution in [0.5, 0.6) is 0 Å². The fourth-order valence-electron chi connectivity index (χ4n) is 1.80. The lowest BCUT2D eigenvalue weighted by Crippen LogP contribution is -2.35. The van der Waals surface area contributed by atoms with Gasteiger partial charge in [0, 0.05) is 11.1 Å². The zero-order chi connectivity index (χ0) is 10.1. The Labute approximate surface area is 91.6 Å². The molecule has 4 nitrogen and oxygen atoms in total. The highest BCUT2D eigenvalue weighted by molar-refractivity contribution is 7.17. The topological polar surface area (TPSA) is 48.1 Å². The van der Waals surface area contributed by atoms with Crippen molar-refractivity contribution in [2.75, 3.05) is 0 Å². The van der Waals surface area contributed by atoms with E-state index in [1.807, 2.05) is 0 Å². The van der Waals surface area contributed by atoms with Crippen molar-refractivity contribution in [3.63, 3.8) is 0 Å². The van der Waals surface area contributed by atoms with Crippen LogP contribution in [0, 0.1) is 0 Å². The Morgan fingerprint density at radius 1 is 1.13 bits per heavy atom. The molecule has 78 valence electrons. The van der Waals surface area contributed by atoms with E-state index in [2.05, 4.69) is 51.6 Å². The van der Waals surface area contributed by atoms with Gasteiger partial charge in [-0.1, -0.05) is 18.2 Å². The summed E-state index contributed by atoms with van der Waals surface area (Å²) in [5.41, 5.74) is 13.2. The van der Waals surface area contributed by atoms with E-state index in [-0.39, 0.29) is 6.17 Å². The molecule has 0 spiro atoms. The summed E-state index contributed by atoms with van der Waals surface area (Å²) in [4.78, 5) is 0. The number of hydrogen-bond acceptors (Lipinski definition) is 5. The summed E-state index contributed by atoms with van der Waals surface area (Å²) in [6.45, 7) is 0. The molecule has 0 amide bonds. The van der Waals surface area contributed by atoms with Crippen molar-refractivity contribution in [2.24, 2.45) is 0 Å². The molecule has 1 aromatic carbocycles. The Morgan fingerprint density at radius 3 is 2.80 bits per heavy atom. The van der Waals surface area contributed by atoms with Gasteiger partial charge >= 0.3 is 0 Å². The van der Waals surface area contributed by atoms with Crippen LogP contribution in [-0.2, 0) is 6.42 Å². The first kappa shape index (κ1) is 9.26. The van der Waals surface area contributed by atoms with Gasteiger partial charge in [-0.25, -0.2) is 10.9 Å². The number of fused-ring (bicyclic) bond motifs is 1. The average Bonchev–Trinajstić information content (AvgIpc) is 2.89.